The standard InChI is InChI=1S/C27H29ClN2O5S/c1-18-8-11-22(12-9-18)36(32,33)30(20-7-5-6-19(28)14-20)17-26(31)29-24-16-27(2,3)35-25-15-21(34-4)10-13-23(24)25/h5-15,24H,16-17H2,1-4H3,(H,29,31). The summed E-state index contributed by atoms with van der Waals surface area (Å²) in [5.74, 6) is 0.817. The Bertz CT molecular complexity index is 1370. The van der Waals surface area contributed by atoms with E-state index in [0.717, 1.165) is 15.4 Å². The van der Waals surface area contributed by atoms with Crippen LogP contribution in [0.5, 0.6) is 11.5 Å². The zero-order valence-corrected chi connectivity index (χ0v) is 22.2. The van der Waals surface area contributed by atoms with Gasteiger partial charge in [0.2, 0.25) is 5.91 Å². The first kappa shape index (κ1) is 25.9. The third kappa shape index (κ3) is 5.60. The summed E-state index contributed by atoms with van der Waals surface area (Å²) >= 11 is 6.16. The Balaban J connectivity index is 1.65. The van der Waals surface area contributed by atoms with Gasteiger partial charge in [0.1, 0.15) is 23.6 Å². The van der Waals surface area contributed by atoms with Crippen LogP contribution < -0.4 is 19.1 Å². The van der Waals surface area contributed by atoms with Crippen LogP contribution in [0, 0.1) is 6.92 Å². The molecule has 0 fully saturated rings. The smallest absolute Gasteiger partial charge is 0.264 e. The Hall–Kier alpha value is -3.23. The molecule has 190 valence electrons. The van der Waals surface area contributed by atoms with Crippen molar-refractivity contribution >= 4 is 33.2 Å². The number of benzene rings is 3. The molecule has 1 heterocycles. The predicted octanol–water partition coefficient (Wildman–Crippen LogP) is 5.27. The van der Waals surface area contributed by atoms with Crippen LogP contribution in [0.2, 0.25) is 5.02 Å². The van der Waals surface area contributed by atoms with Gasteiger partial charge in [0.15, 0.2) is 0 Å². The summed E-state index contributed by atoms with van der Waals surface area (Å²) in [5, 5.41) is 3.38. The van der Waals surface area contributed by atoms with Crippen LogP contribution in [-0.2, 0) is 14.8 Å². The van der Waals surface area contributed by atoms with E-state index >= 15 is 0 Å². The molecule has 1 aliphatic heterocycles. The van der Waals surface area contributed by atoms with Crippen molar-refractivity contribution in [3.63, 3.8) is 0 Å². The molecule has 9 heteroatoms. The molecule has 0 saturated carbocycles. The Morgan fingerprint density at radius 1 is 1.14 bits per heavy atom. The van der Waals surface area contributed by atoms with Gasteiger partial charge in [0.25, 0.3) is 10.0 Å². The zero-order valence-electron chi connectivity index (χ0n) is 20.6. The van der Waals surface area contributed by atoms with Gasteiger partial charge >= 0.3 is 0 Å². The maximum absolute atomic E-state index is 13.6. The summed E-state index contributed by atoms with van der Waals surface area (Å²) in [5.41, 5.74) is 1.49. The first-order valence-electron chi connectivity index (χ1n) is 11.5. The minimum atomic E-state index is -4.04. The summed E-state index contributed by atoms with van der Waals surface area (Å²) in [6.45, 7) is 5.34. The molecule has 1 atom stereocenters. The highest BCUT2D eigenvalue weighted by atomic mass is 35.5. The molecule has 3 aromatic rings. The van der Waals surface area contributed by atoms with Gasteiger partial charge < -0.3 is 14.8 Å². The molecule has 0 bridgehead atoms. The third-order valence-electron chi connectivity index (χ3n) is 6.01. The topological polar surface area (TPSA) is 84.9 Å². The number of anilines is 1. The first-order chi connectivity index (χ1) is 17.0. The van der Waals surface area contributed by atoms with E-state index in [9.17, 15) is 13.2 Å². The molecule has 0 aromatic heterocycles. The first-order valence-corrected chi connectivity index (χ1v) is 13.3. The van der Waals surface area contributed by atoms with Gasteiger partial charge in [-0.15, -0.1) is 0 Å². The minimum absolute atomic E-state index is 0.0884. The van der Waals surface area contributed by atoms with Crippen molar-refractivity contribution in [3.05, 3.63) is 82.9 Å². The van der Waals surface area contributed by atoms with Crippen LogP contribution in [-0.4, -0.2) is 33.6 Å². The second-order valence-corrected chi connectivity index (χ2v) is 11.7. The van der Waals surface area contributed by atoms with E-state index in [1.54, 1.807) is 49.6 Å². The highest BCUT2D eigenvalue weighted by Crippen LogP contribution is 2.41. The summed E-state index contributed by atoms with van der Waals surface area (Å²) in [7, 11) is -2.47. The number of nitrogens with one attached hydrogen (secondary N) is 1. The SMILES string of the molecule is COc1ccc2c(c1)OC(C)(C)CC2NC(=O)CN(c1cccc(Cl)c1)S(=O)(=O)c1ccc(C)cc1. The van der Waals surface area contributed by atoms with Gasteiger partial charge in [0.05, 0.1) is 23.7 Å². The van der Waals surface area contributed by atoms with E-state index in [2.05, 4.69) is 5.32 Å². The number of ether oxygens (including phenoxy) is 2. The normalized spacial score (nSPS) is 16.4. The average Bonchev–Trinajstić information content (AvgIpc) is 2.81. The Morgan fingerprint density at radius 2 is 1.86 bits per heavy atom. The molecule has 1 unspecified atom stereocenters. The lowest BCUT2D eigenvalue weighted by atomic mass is 9.89. The lowest BCUT2D eigenvalue weighted by molar-refractivity contribution is -0.120. The monoisotopic (exact) mass is 528 g/mol. The van der Waals surface area contributed by atoms with E-state index in [4.69, 9.17) is 21.1 Å². The van der Waals surface area contributed by atoms with Crippen molar-refractivity contribution in [1.82, 2.24) is 5.32 Å². The number of sulfonamides is 1. The van der Waals surface area contributed by atoms with Crippen LogP contribution in [0.4, 0.5) is 5.69 Å². The van der Waals surface area contributed by atoms with Gasteiger partial charge in [-0.3, -0.25) is 9.10 Å². The lowest BCUT2D eigenvalue weighted by Gasteiger charge is -2.38. The fourth-order valence-electron chi connectivity index (χ4n) is 4.24. The van der Waals surface area contributed by atoms with Crippen molar-refractivity contribution in [2.24, 2.45) is 0 Å². The van der Waals surface area contributed by atoms with Crippen molar-refractivity contribution in [2.75, 3.05) is 18.0 Å². The van der Waals surface area contributed by atoms with Crippen LogP contribution in [0.25, 0.3) is 0 Å². The van der Waals surface area contributed by atoms with E-state index in [1.807, 2.05) is 26.8 Å². The molecule has 1 N–H and O–H groups in total. The number of halogens is 1. The summed E-state index contributed by atoms with van der Waals surface area (Å²) in [6, 6.07) is 18.0. The molecule has 0 saturated heterocycles. The Morgan fingerprint density at radius 3 is 2.53 bits per heavy atom. The Kier molecular flexibility index (Phi) is 7.20. The van der Waals surface area contributed by atoms with E-state index in [1.165, 1.54) is 18.2 Å². The number of methoxy groups -OCH3 is 1. The van der Waals surface area contributed by atoms with Crippen LogP contribution in [0.1, 0.15) is 37.4 Å². The number of fused-ring (bicyclic) bond motifs is 1. The average molecular weight is 529 g/mol. The predicted molar refractivity (Wildman–Crippen MR) is 140 cm³/mol. The fourth-order valence-corrected chi connectivity index (χ4v) is 5.84. The minimum Gasteiger partial charge on any atom is -0.497 e. The van der Waals surface area contributed by atoms with Crippen molar-refractivity contribution < 1.29 is 22.7 Å². The van der Waals surface area contributed by atoms with Crippen molar-refractivity contribution in [3.8, 4) is 11.5 Å². The van der Waals surface area contributed by atoms with Gasteiger partial charge in [0, 0.05) is 23.1 Å². The number of carbonyl (C=O) groups is 1. The Labute approximate surface area is 217 Å². The molecule has 1 aliphatic rings. The van der Waals surface area contributed by atoms with E-state index < -0.39 is 28.1 Å². The lowest BCUT2D eigenvalue weighted by Crippen LogP contribution is -2.45. The van der Waals surface area contributed by atoms with Gasteiger partial charge in [-0.2, -0.15) is 0 Å². The molecule has 0 radical (unpaired) electrons. The quantitative estimate of drug-likeness (QED) is 0.451. The highest BCUT2D eigenvalue weighted by Gasteiger charge is 2.36. The number of carbonyl (C=O) groups excluding carboxylic acids is 1. The molecular formula is C27H29ClN2O5S. The molecule has 4 rings (SSSR count). The third-order valence-corrected chi connectivity index (χ3v) is 8.03. The fraction of sp³-hybridized carbons (Fsp3) is 0.296. The zero-order chi connectivity index (χ0) is 26.1. The van der Waals surface area contributed by atoms with E-state index in [0.29, 0.717) is 28.6 Å². The van der Waals surface area contributed by atoms with Crippen molar-refractivity contribution in [1.29, 1.82) is 0 Å². The van der Waals surface area contributed by atoms with E-state index in [-0.39, 0.29) is 10.9 Å². The maximum Gasteiger partial charge on any atom is 0.264 e. The van der Waals surface area contributed by atoms with Crippen LogP contribution in [0.3, 0.4) is 0 Å². The van der Waals surface area contributed by atoms with Crippen LogP contribution in [0.15, 0.2) is 71.6 Å². The number of rotatable bonds is 7. The molecule has 3 aromatic carbocycles. The van der Waals surface area contributed by atoms with Gasteiger partial charge in [-0.05, 0) is 63.2 Å². The number of nitrogens with zero attached hydrogens (tertiary/aromatic N) is 1. The van der Waals surface area contributed by atoms with Crippen molar-refractivity contribution in [2.45, 2.75) is 43.7 Å². The van der Waals surface area contributed by atoms with Crippen LogP contribution >= 0.6 is 11.6 Å². The second-order valence-electron chi connectivity index (χ2n) is 9.39. The molecule has 7 nitrogen and oxygen atoms in total. The molecular weight excluding hydrogens is 500 g/mol. The molecule has 36 heavy (non-hydrogen) atoms. The highest BCUT2D eigenvalue weighted by molar-refractivity contribution is 7.92. The summed E-state index contributed by atoms with van der Waals surface area (Å²) in [4.78, 5) is 13.4. The number of amides is 1. The van der Waals surface area contributed by atoms with Gasteiger partial charge in [-0.25, -0.2) is 8.42 Å². The van der Waals surface area contributed by atoms with Gasteiger partial charge in [-0.1, -0.05) is 35.4 Å². The summed E-state index contributed by atoms with van der Waals surface area (Å²) < 4.78 is 39.7. The largest absolute Gasteiger partial charge is 0.497 e. The molecule has 1 amide bonds. The maximum atomic E-state index is 13.6. The number of hydrogen-bond donors (Lipinski definition) is 1. The number of hydrogen-bond acceptors (Lipinski definition) is 5. The second kappa shape index (κ2) is 10.0. The molecule has 0 aliphatic carbocycles. The summed E-state index contributed by atoms with van der Waals surface area (Å²) in [6.07, 6.45) is 0.514. The molecule has 0 spiro atoms. The number of aryl methyl sites for hydroxylation is 1.